The van der Waals surface area contributed by atoms with Gasteiger partial charge in [-0.1, -0.05) is 69.1 Å². The van der Waals surface area contributed by atoms with E-state index in [-0.39, 0.29) is 0 Å². The fourth-order valence-electron chi connectivity index (χ4n) is 1.94. The summed E-state index contributed by atoms with van der Waals surface area (Å²) in [5, 5.41) is 0. The molecule has 0 spiro atoms. The first-order chi connectivity index (χ1) is 9.41. The molecule has 110 valence electrons. The van der Waals surface area contributed by atoms with Gasteiger partial charge in [-0.05, 0) is 44.7 Å². The SMILES string of the molecule is CCC=CCC=CCC=CCCCCCCCCP. The fraction of sp³-hybridized carbons (Fsp3) is 0.667. The number of hydrogen-bond acceptors (Lipinski definition) is 0. The van der Waals surface area contributed by atoms with E-state index in [1.165, 1.54) is 51.1 Å². The van der Waals surface area contributed by atoms with Crippen LogP contribution in [0.5, 0.6) is 0 Å². The van der Waals surface area contributed by atoms with Crippen LogP contribution in [-0.4, -0.2) is 6.16 Å². The summed E-state index contributed by atoms with van der Waals surface area (Å²) in [6.45, 7) is 2.17. The highest BCUT2D eigenvalue weighted by molar-refractivity contribution is 7.16. The molecule has 0 bridgehead atoms. The molecule has 0 aromatic rings. The summed E-state index contributed by atoms with van der Waals surface area (Å²) in [6, 6.07) is 0. The molecule has 0 nitrogen and oxygen atoms in total. The molecule has 0 fully saturated rings. The lowest BCUT2D eigenvalue weighted by molar-refractivity contribution is 0.613. The molecule has 1 heteroatoms. The van der Waals surface area contributed by atoms with Gasteiger partial charge in [-0.2, -0.15) is 0 Å². The minimum atomic E-state index is 1.08. The van der Waals surface area contributed by atoms with E-state index < -0.39 is 0 Å². The smallest absolute Gasteiger partial charge is 0.0169 e. The molecule has 0 aliphatic rings. The standard InChI is InChI=1S/C18H33P/c1-2-3-4-5-6-7-8-9-10-11-12-13-14-15-16-17-18-19/h3-4,6-7,9-10H,2,5,8,11-19H2,1H3. The quantitative estimate of drug-likeness (QED) is 0.206. The van der Waals surface area contributed by atoms with Gasteiger partial charge in [0.2, 0.25) is 0 Å². The van der Waals surface area contributed by atoms with Crippen LogP contribution in [0.4, 0.5) is 0 Å². The molecule has 19 heavy (non-hydrogen) atoms. The zero-order chi connectivity index (χ0) is 14.0. The normalized spacial score (nSPS) is 12.3. The summed E-state index contributed by atoms with van der Waals surface area (Å²) in [4.78, 5) is 0. The summed E-state index contributed by atoms with van der Waals surface area (Å²) in [5.74, 6) is 0. The van der Waals surface area contributed by atoms with E-state index in [9.17, 15) is 0 Å². The second-order valence-electron chi connectivity index (χ2n) is 4.99. The molecule has 0 rings (SSSR count). The van der Waals surface area contributed by atoms with Gasteiger partial charge in [0.25, 0.3) is 0 Å². The van der Waals surface area contributed by atoms with Crippen LogP contribution < -0.4 is 0 Å². The van der Waals surface area contributed by atoms with Crippen molar-refractivity contribution in [2.75, 3.05) is 6.16 Å². The van der Waals surface area contributed by atoms with Crippen molar-refractivity contribution in [3.63, 3.8) is 0 Å². The lowest BCUT2D eigenvalue weighted by Crippen LogP contribution is -1.80. The lowest BCUT2D eigenvalue weighted by Gasteiger charge is -1.98. The van der Waals surface area contributed by atoms with Crippen molar-refractivity contribution in [2.45, 2.75) is 71.1 Å². The van der Waals surface area contributed by atoms with Gasteiger partial charge in [0.15, 0.2) is 0 Å². The fourth-order valence-corrected chi connectivity index (χ4v) is 2.23. The van der Waals surface area contributed by atoms with Crippen LogP contribution in [0.25, 0.3) is 0 Å². The molecule has 0 heterocycles. The maximum atomic E-state index is 2.81. The summed E-state index contributed by atoms with van der Waals surface area (Å²) in [5.41, 5.74) is 0. The van der Waals surface area contributed by atoms with Crippen molar-refractivity contribution >= 4 is 9.24 Å². The van der Waals surface area contributed by atoms with Gasteiger partial charge in [0.1, 0.15) is 0 Å². The predicted molar refractivity (Wildman–Crippen MR) is 93.8 cm³/mol. The maximum absolute atomic E-state index is 2.81. The molecule has 1 unspecified atom stereocenters. The number of hydrogen-bond donors (Lipinski definition) is 0. The Balaban J connectivity index is 3.19. The Kier molecular flexibility index (Phi) is 17.3. The minimum absolute atomic E-state index is 1.08. The molecule has 1 atom stereocenters. The largest absolute Gasteiger partial charge is 0.138 e. The van der Waals surface area contributed by atoms with Crippen LogP contribution in [-0.2, 0) is 0 Å². The van der Waals surface area contributed by atoms with Crippen LogP contribution in [0.3, 0.4) is 0 Å². The second-order valence-corrected chi connectivity index (χ2v) is 5.57. The van der Waals surface area contributed by atoms with Crippen LogP contribution in [0, 0.1) is 0 Å². The average molecular weight is 280 g/mol. The molecule has 0 saturated carbocycles. The Labute approximate surface area is 123 Å². The highest BCUT2D eigenvalue weighted by atomic mass is 31.0. The van der Waals surface area contributed by atoms with Crippen molar-refractivity contribution in [1.82, 2.24) is 0 Å². The van der Waals surface area contributed by atoms with Gasteiger partial charge in [-0.25, -0.2) is 0 Å². The Morgan fingerprint density at radius 2 is 1.16 bits per heavy atom. The monoisotopic (exact) mass is 280 g/mol. The van der Waals surface area contributed by atoms with E-state index in [2.05, 4.69) is 52.6 Å². The molecule has 0 aliphatic heterocycles. The third kappa shape index (κ3) is 17.6. The van der Waals surface area contributed by atoms with Crippen molar-refractivity contribution in [1.29, 1.82) is 0 Å². The van der Waals surface area contributed by atoms with Crippen LogP contribution >= 0.6 is 9.24 Å². The van der Waals surface area contributed by atoms with Crippen LogP contribution in [0.1, 0.15) is 71.1 Å². The summed E-state index contributed by atoms with van der Waals surface area (Å²) >= 11 is 0. The molecule has 0 saturated heterocycles. The molecule has 0 aliphatic carbocycles. The van der Waals surface area contributed by atoms with Crippen molar-refractivity contribution in [2.24, 2.45) is 0 Å². The van der Waals surface area contributed by atoms with Crippen molar-refractivity contribution in [3.05, 3.63) is 36.5 Å². The van der Waals surface area contributed by atoms with Gasteiger partial charge in [-0.3, -0.25) is 0 Å². The van der Waals surface area contributed by atoms with E-state index in [1.807, 2.05) is 0 Å². The predicted octanol–water partition coefficient (Wildman–Crippen LogP) is 6.45. The number of rotatable bonds is 13. The van der Waals surface area contributed by atoms with Gasteiger partial charge in [0, 0.05) is 0 Å². The molecular weight excluding hydrogens is 247 g/mol. The summed E-state index contributed by atoms with van der Waals surface area (Å²) in [6.07, 6.45) is 27.9. The Morgan fingerprint density at radius 3 is 1.79 bits per heavy atom. The molecule has 0 amide bonds. The van der Waals surface area contributed by atoms with E-state index in [1.54, 1.807) is 0 Å². The van der Waals surface area contributed by atoms with E-state index in [0.29, 0.717) is 0 Å². The number of unbranched alkanes of at least 4 members (excludes halogenated alkanes) is 6. The molecule has 0 aromatic heterocycles. The Hall–Kier alpha value is -0.350. The van der Waals surface area contributed by atoms with Crippen LogP contribution in [0.15, 0.2) is 36.5 Å². The highest BCUT2D eigenvalue weighted by Crippen LogP contribution is 2.08. The lowest BCUT2D eigenvalue weighted by atomic mass is 10.1. The molecule has 0 aromatic carbocycles. The highest BCUT2D eigenvalue weighted by Gasteiger charge is 1.88. The van der Waals surface area contributed by atoms with E-state index in [0.717, 1.165) is 19.3 Å². The molecule has 0 radical (unpaired) electrons. The Bertz CT molecular complexity index is 238. The summed E-state index contributed by atoms with van der Waals surface area (Å²) < 4.78 is 0. The van der Waals surface area contributed by atoms with E-state index in [4.69, 9.17) is 0 Å². The Morgan fingerprint density at radius 1 is 0.632 bits per heavy atom. The summed E-state index contributed by atoms with van der Waals surface area (Å²) in [7, 11) is 2.81. The first-order valence-electron chi connectivity index (χ1n) is 8.06. The first kappa shape index (κ1) is 18.7. The van der Waals surface area contributed by atoms with E-state index >= 15 is 0 Å². The number of allylic oxidation sites excluding steroid dienone is 6. The molecule has 0 N–H and O–H groups in total. The van der Waals surface area contributed by atoms with Crippen molar-refractivity contribution in [3.8, 4) is 0 Å². The average Bonchev–Trinajstić information content (AvgIpc) is 2.43. The maximum Gasteiger partial charge on any atom is -0.0169 e. The minimum Gasteiger partial charge on any atom is -0.138 e. The zero-order valence-electron chi connectivity index (χ0n) is 12.8. The van der Waals surface area contributed by atoms with Crippen LogP contribution in [0.2, 0.25) is 0 Å². The molecular formula is C18H33P. The second kappa shape index (κ2) is 17.6. The van der Waals surface area contributed by atoms with Gasteiger partial charge in [-0.15, -0.1) is 9.24 Å². The zero-order valence-corrected chi connectivity index (χ0v) is 14.0. The third-order valence-corrected chi connectivity index (χ3v) is 3.51. The van der Waals surface area contributed by atoms with Crippen molar-refractivity contribution < 1.29 is 0 Å². The van der Waals surface area contributed by atoms with Gasteiger partial charge in [0.05, 0.1) is 0 Å². The first-order valence-corrected chi connectivity index (χ1v) is 8.88. The van der Waals surface area contributed by atoms with Gasteiger partial charge >= 0.3 is 0 Å². The third-order valence-electron chi connectivity index (χ3n) is 3.10. The van der Waals surface area contributed by atoms with Gasteiger partial charge < -0.3 is 0 Å². The topological polar surface area (TPSA) is 0 Å².